The van der Waals surface area contributed by atoms with E-state index in [0.717, 1.165) is 11.8 Å². The SMILES string of the molecule is COC(=O)C(C)(C)CCCc1ccc2cc(O)c(N3C=C(O)NS3(=O)=O)c(F)c2c1. The summed E-state index contributed by atoms with van der Waals surface area (Å²) >= 11 is 0. The Morgan fingerprint density at radius 1 is 1.27 bits per heavy atom. The summed E-state index contributed by atoms with van der Waals surface area (Å²) in [6.07, 6.45) is 2.57. The topological polar surface area (TPSA) is 116 Å². The van der Waals surface area contributed by atoms with E-state index in [1.54, 1.807) is 32.0 Å². The standard InChI is InChI=1S/C20H23FN2O6S/c1-20(2,19(26)29-3)8-4-5-12-6-7-13-10-15(24)18(17(21)14(13)9-12)23-11-16(25)22-30(23,27)28/h6-7,9-11,22,24-25H,4-5,8H2,1-3H3. The molecule has 0 saturated carbocycles. The van der Waals surface area contributed by atoms with Gasteiger partial charge in [-0.3, -0.25) is 4.79 Å². The Balaban J connectivity index is 1.92. The van der Waals surface area contributed by atoms with E-state index in [0.29, 0.717) is 29.0 Å². The van der Waals surface area contributed by atoms with Gasteiger partial charge in [-0.2, -0.15) is 8.42 Å². The van der Waals surface area contributed by atoms with E-state index in [9.17, 15) is 23.4 Å². The third kappa shape index (κ3) is 4.00. The molecule has 1 aliphatic rings. The Morgan fingerprint density at radius 2 is 1.97 bits per heavy atom. The van der Waals surface area contributed by atoms with Gasteiger partial charge < -0.3 is 14.9 Å². The molecule has 30 heavy (non-hydrogen) atoms. The highest BCUT2D eigenvalue weighted by Gasteiger charge is 2.33. The van der Waals surface area contributed by atoms with Crippen LogP contribution < -0.4 is 9.03 Å². The maximum atomic E-state index is 15.2. The highest BCUT2D eigenvalue weighted by molar-refractivity contribution is 7.91. The molecular formula is C20H23FN2O6S. The van der Waals surface area contributed by atoms with Gasteiger partial charge in [-0.05, 0) is 56.2 Å². The average Bonchev–Trinajstić information content (AvgIpc) is 2.93. The van der Waals surface area contributed by atoms with Gasteiger partial charge in [0.2, 0.25) is 5.88 Å². The number of hydrogen-bond acceptors (Lipinski definition) is 6. The van der Waals surface area contributed by atoms with Crippen molar-refractivity contribution < 1.29 is 32.6 Å². The maximum Gasteiger partial charge on any atom is 0.330 e. The van der Waals surface area contributed by atoms with Gasteiger partial charge in [0.1, 0.15) is 11.4 Å². The van der Waals surface area contributed by atoms with Crippen LogP contribution in [0, 0.1) is 11.2 Å². The predicted molar refractivity (Wildman–Crippen MR) is 110 cm³/mol. The number of aromatic hydroxyl groups is 1. The Kier molecular flexibility index (Phi) is 5.55. The minimum atomic E-state index is -4.26. The number of benzene rings is 2. The number of carbonyl (C=O) groups excluding carboxylic acids is 1. The number of esters is 1. The highest BCUT2D eigenvalue weighted by Crippen LogP contribution is 2.39. The second kappa shape index (κ2) is 7.67. The number of nitrogens with one attached hydrogen (secondary N) is 1. The molecule has 0 bridgehead atoms. The zero-order valence-electron chi connectivity index (χ0n) is 16.8. The Hall–Kier alpha value is -3.01. The van der Waals surface area contributed by atoms with Gasteiger partial charge in [0, 0.05) is 5.39 Å². The third-order valence-electron chi connectivity index (χ3n) is 5.05. The van der Waals surface area contributed by atoms with E-state index < -0.39 is 38.8 Å². The lowest BCUT2D eigenvalue weighted by Crippen LogP contribution is -2.30. The lowest BCUT2D eigenvalue weighted by Gasteiger charge is -2.21. The molecule has 2 aromatic carbocycles. The van der Waals surface area contributed by atoms with E-state index in [1.165, 1.54) is 13.2 Å². The van der Waals surface area contributed by atoms with Crippen molar-refractivity contribution >= 4 is 32.6 Å². The minimum absolute atomic E-state index is 0.127. The number of carbonyl (C=O) groups is 1. The van der Waals surface area contributed by atoms with Crippen LogP contribution in [0.5, 0.6) is 5.75 Å². The first-order valence-electron chi connectivity index (χ1n) is 9.22. The molecule has 0 fully saturated rings. The molecule has 0 spiro atoms. The molecule has 162 valence electrons. The van der Waals surface area contributed by atoms with Crippen molar-refractivity contribution in [1.29, 1.82) is 0 Å². The Morgan fingerprint density at radius 3 is 2.57 bits per heavy atom. The van der Waals surface area contributed by atoms with Gasteiger partial charge in [-0.25, -0.2) is 13.4 Å². The lowest BCUT2D eigenvalue weighted by atomic mass is 9.86. The number of fused-ring (bicyclic) bond motifs is 1. The summed E-state index contributed by atoms with van der Waals surface area (Å²) in [6, 6.07) is 6.26. The van der Waals surface area contributed by atoms with E-state index in [4.69, 9.17) is 4.74 Å². The van der Waals surface area contributed by atoms with Crippen LogP contribution in [0.2, 0.25) is 0 Å². The van der Waals surface area contributed by atoms with Crippen LogP contribution in [0.4, 0.5) is 10.1 Å². The Bertz CT molecular complexity index is 1140. The van der Waals surface area contributed by atoms with Gasteiger partial charge >= 0.3 is 16.2 Å². The molecule has 0 amide bonds. The van der Waals surface area contributed by atoms with Gasteiger partial charge in [-0.15, -0.1) is 0 Å². The van der Waals surface area contributed by atoms with E-state index in [2.05, 4.69) is 0 Å². The van der Waals surface area contributed by atoms with Crippen molar-refractivity contribution in [1.82, 2.24) is 4.72 Å². The second-order valence-electron chi connectivity index (χ2n) is 7.76. The maximum absolute atomic E-state index is 15.2. The largest absolute Gasteiger partial charge is 0.506 e. The van der Waals surface area contributed by atoms with Crippen molar-refractivity contribution in [2.45, 2.75) is 33.1 Å². The smallest absolute Gasteiger partial charge is 0.330 e. The number of phenolic OH excluding ortho intramolecular Hbond substituents is 1. The molecule has 0 aliphatic carbocycles. The summed E-state index contributed by atoms with van der Waals surface area (Å²) in [5, 5.41) is 20.2. The normalized spacial score (nSPS) is 15.7. The monoisotopic (exact) mass is 438 g/mol. The van der Waals surface area contributed by atoms with Gasteiger partial charge in [0.25, 0.3) is 0 Å². The zero-order valence-corrected chi connectivity index (χ0v) is 17.6. The molecule has 3 N–H and O–H groups in total. The number of nitrogens with zero attached hydrogens (tertiary/aromatic N) is 1. The van der Waals surface area contributed by atoms with Gasteiger partial charge in [-0.1, -0.05) is 12.1 Å². The number of ether oxygens (including phenoxy) is 1. The number of aryl methyl sites for hydroxylation is 1. The van der Waals surface area contributed by atoms with Crippen molar-refractivity contribution in [3.8, 4) is 5.75 Å². The number of rotatable bonds is 6. The molecule has 2 aromatic rings. The van der Waals surface area contributed by atoms with Crippen LogP contribution in [-0.4, -0.2) is 31.7 Å². The summed E-state index contributed by atoms with van der Waals surface area (Å²) in [6.45, 7) is 3.59. The minimum Gasteiger partial charge on any atom is -0.506 e. The predicted octanol–water partition coefficient (Wildman–Crippen LogP) is 3.22. The fraction of sp³-hybridized carbons (Fsp3) is 0.350. The molecule has 8 nitrogen and oxygen atoms in total. The molecule has 3 rings (SSSR count). The van der Waals surface area contributed by atoms with Crippen LogP contribution >= 0.6 is 0 Å². The molecule has 0 unspecified atom stereocenters. The fourth-order valence-electron chi connectivity index (χ4n) is 3.43. The number of aliphatic hydroxyl groups excluding tert-OH is 1. The summed E-state index contributed by atoms with van der Waals surface area (Å²) in [5.74, 6) is -2.50. The molecule has 0 saturated heterocycles. The number of aliphatic hydroxyl groups is 1. The molecular weight excluding hydrogens is 415 g/mol. The zero-order chi connectivity index (χ0) is 22.3. The average molecular weight is 438 g/mol. The molecule has 0 aromatic heterocycles. The van der Waals surface area contributed by atoms with Crippen molar-refractivity contribution in [2.75, 3.05) is 11.4 Å². The number of anilines is 1. The lowest BCUT2D eigenvalue weighted by molar-refractivity contribution is -0.151. The molecule has 0 radical (unpaired) electrons. The van der Waals surface area contributed by atoms with Crippen molar-refractivity contribution in [2.24, 2.45) is 5.41 Å². The van der Waals surface area contributed by atoms with Crippen molar-refractivity contribution in [3.63, 3.8) is 0 Å². The first kappa shape index (κ1) is 21.7. The summed E-state index contributed by atoms with van der Waals surface area (Å²) in [4.78, 5) is 11.8. The third-order valence-corrected chi connectivity index (χ3v) is 6.33. The number of hydrogen-bond donors (Lipinski definition) is 3. The van der Waals surface area contributed by atoms with E-state index >= 15 is 4.39 Å². The summed E-state index contributed by atoms with van der Waals surface area (Å²) in [5.41, 5.74) is -0.427. The number of methoxy groups -OCH3 is 1. The quantitative estimate of drug-likeness (QED) is 0.597. The summed E-state index contributed by atoms with van der Waals surface area (Å²) in [7, 11) is -2.92. The van der Waals surface area contributed by atoms with Crippen LogP contribution in [-0.2, 0) is 26.2 Å². The van der Waals surface area contributed by atoms with Gasteiger partial charge in [0.05, 0.1) is 18.7 Å². The van der Waals surface area contributed by atoms with Crippen LogP contribution in [0.1, 0.15) is 32.3 Å². The second-order valence-corrected chi connectivity index (χ2v) is 9.31. The number of phenols is 1. The summed E-state index contributed by atoms with van der Waals surface area (Å²) < 4.78 is 46.5. The van der Waals surface area contributed by atoms with Crippen LogP contribution in [0.3, 0.4) is 0 Å². The molecule has 0 atom stereocenters. The molecule has 1 heterocycles. The molecule has 10 heteroatoms. The Labute approximate surface area is 173 Å². The first-order valence-corrected chi connectivity index (χ1v) is 10.7. The number of halogens is 1. The van der Waals surface area contributed by atoms with E-state index in [-0.39, 0.29) is 11.4 Å². The fourth-order valence-corrected chi connectivity index (χ4v) is 4.49. The van der Waals surface area contributed by atoms with Crippen LogP contribution in [0.25, 0.3) is 10.8 Å². The van der Waals surface area contributed by atoms with Crippen molar-refractivity contribution in [3.05, 3.63) is 47.7 Å². The van der Waals surface area contributed by atoms with E-state index in [1.807, 2.05) is 4.72 Å². The first-order chi connectivity index (χ1) is 14.0. The highest BCUT2D eigenvalue weighted by atomic mass is 32.2. The van der Waals surface area contributed by atoms with Crippen LogP contribution in [0.15, 0.2) is 36.3 Å². The van der Waals surface area contributed by atoms with Gasteiger partial charge in [0.15, 0.2) is 5.82 Å². The molecule has 1 aliphatic heterocycles.